The molecule has 0 fully saturated rings. The molecule has 2 aromatic rings. The normalized spacial score (nSPS) is 12.0. The third-order valence-electron chi connectivity index (χ3n) is 2.79. The van der Waals surface area contributed by atoms with Gasteiger partial charge in [-0.15, -0.1) is 0 Å². The summed E-state index contributed by atoms with van der Waals surface area (Å²) >= 11 is 1.01. The Morgan fingerprint density at radius 3 is 2.71 bits per heavy atom. The second kappa shape index (κ2) is 6.38. The van der Waals surface area contributed by atoms with E-state index >= 15 is 0 Å². The van der Waals surface area contributed by atoms with E-state index in [9.17, 15) is 18.0 Å². The van der Waals surface area contributed by atoms with E-state index in [1.807, 2.05) is 0 Å². The molecule has 0 unspecified atom stereocenters. The van der Waals surface area contributed by atoms with Crippen molar-refractivity contribution in [1.82, 2.24) is 9.55 Å². The molecule has 0 saturated carbocycles. The minimum absolute atomic E-state index is 0.0650. The largest absolute Gasteiger partial charge is 0.481 e. The molecule has 0 atom stereocenters. The van der Waals surface area contributed by atoms with Gasteiger partial charge < -0.3 is 9.67 Å². The van der Waals surface area contributed by atoms with Crippen LogP contribution >= 0.6 is 11.8 Å². The van der Waals surface area contributed by atoms with Crippen LogP contribution in [0.25, 0.3) is 11.0 Å². The summed E-state index contributed by atoms with van der Waals surface area (Å²) in [5, 5.41) is 9.15. The molecule has 0 spiro atoms. The number of carbonyl (C=O) groups is 1. The lowest BCUT2D eigenvalue weighted by molar-refractivity contribution is -0.136. The average molecular weight is 318 g/mol. The first-order valence-electron chi connectivity index (χ1n) is 6.23. The highest BCUT2D eigenvalue weighted by Crippen LogP contribution is 2.26. The van der Waals surface area contributed by atoms with Gasteiger partial charge in [-0.05, 0) is 18.6 Å². The fourth-order valence-electron chi connectivity index (χ4n) is 1.94. The molecule has 0 bridgehead atoms. The van der Waals surface area contributed by atoms with Gasteiger partial charge in [-0.3, -0.25) is 4.79 Å². The number of imidazole rings is 1. The molecular formula is C13H13F3N2O2S. The predicted octanol–water partition coefficient (Wildman–Crippen LogP) is 3.56. The van der Waals surface area contributed by atoms with Crippen LogP contribution < -0.4 is 0 Å². The maximum Gasteiger partial charge on any atom is 0.389 e. The summed E-state index contributed by atoms with van der Waals surface area (Å²) in [5.74, 6) is -1.17. The Bertz CT molecular complexity index is 640. The fourth-order valence-corrected chi connectivity index (χ4v) is 2.70. The molecule has 4 nitrogen and oxygen atoms in total. The zero-order chi connectivity index (χ0) is 15.5. The molecule has 1 aromatic heterocycles. The van der Waals surface area contributed by atoms with Gasteiger partial charge in [0.2, 0.25) is 0 Å². The number of thioether (sulfide) groups is 1. The van der Waals surface area contributed by atoms with Crippen LogP contribution in [0.2, 0.25) is 0 Å². The number of benzene rings is 1. The van der Waals surface area contributed by atoms with Crippen molar-refractivity contribution in [2.45, 2.75) is 30.7 Å². The number of carboxylic acid groups (broad SMARTS) is 1. The van der Waals surface area contributed by atoms with Crippen molar-refractivity contribution in [2.75, 3.05) is 5.75 Å². The van der Waals surface area contributed by atoms with Crippen molar-refractivity contribution < 1.29 is 23.1 Å². The van der Waals surface area contributed by atoms with Crippen LogP contribution in [-0.2, 0) is 11.3 Å². The van der Waals surface area contributed by atoms with E-state index in [2.05, 4.69) is 4.98 Å². The van der Waals surface area contributed by atoms with Gasteiger partial charge in [0.1, 0.15) is 0 Å². The van der Waals surface area contributed by atoms with E-state index in [-0.39, 0.29) is 18.7 Å². The average Bonchev–Trinajstić information content (AvgIpc) is 2.73. The van der Waals surface area contributed by atoms with Gasteiger partial charge in [0.05, 0.1) is 16.8 Å². The Labute approximate surface area is 123 Å². The lowest BCUT2D eigenvalue weighted by Gasteiger charge is -2.10. The van der Waals surface area contributed by atoms with Gasteiger partial charge in [-0.25, -0.2) is 4.98 Å². The summed E-state index contributed by atoms with van der Waals surface area (Å²) in [4.78, 5) is 14.9. The number of aryl methyl sites for hydroxylation is 1. The number of alkyl halides is 3. The third kappa shape index (κ3) is 4.38. The van der Waals surface area contributed by atoms with Crippen molar-refractivity contribution in [3.05, 3.63) is 24.3 Å². The fraction of sp³-hybridized carbons (Fsp3) is 0.385. The van der Waals surface area contributed by atoms with Crippen molar-refractivity contribution in [3.63, 3.8) is 0 Å². The first kappa shape index (κ1) is 15.7. The number of aromatic nitrogens is 2. The second-order valence-electron chi connectivity index (χ2n) is 4.44. The topological polar surface area (TPSA) is 55.1 Å². The molecule has 0 aliphatic rings. The minimum atomic E-state index is -4.19. The SMILES string of the molecule is O=C(O)CSc1nc2ccccc2n1CCCC(F)(F)F. The number of halogens is 3. The lowest BCUT2D eigenvalue weighted by Crippen LogP contribution is -2.10. The summed E-state index contributed by atoms with van der Waals surface area (Å²) in [5.41, 5.74) is 1.37. The monoisotopic (exact) mass is 318 g/mol. The molecule has 114 valence electrons. The van der Waals surface area contributed by atoms with Crippen LogP contribution in [0, 0.1) is 0 Å². The minimum Gasteiger partial charge on any atom is -0.481 e. The summed E-state index contributed by atoms with van der Waals surface area (Å²) in [6.45, 7) is 0.155. The van der Waals surface area contributed by atoms with Crippen molar-refractivity contribution in [2.24, 2.45) is 0 Å². The smallest absolute Gasteiger partial charge is 0.389 e. The van der Waals surface area contributed by atoms with Gasteiger partial charge in [-0.2, -0.15) is 13.2 Å². The van der Waals surface area contributed by atoms with Crippen molar-refractivity contribution in [1.29, 1.82) is 0 Å². The number of hydrogen-bond donors (Lipinski definition) is 1. The first-order valence-corrected chi connectivity index (χ1v) is 7.22. The Balaban J connectivity index is 2.21. The van der Waals surface area contributed by atoms with Gasteiger partial charge in [0, 0.05) is 13.0 Å². The molecule has 2 rings (SSSR count). The molecule has 1 heterocycles. The third-order valence-corrected chi connectivity index (χ3v) is 3.75. The van der Waals surface area contributed by atoms with Crippen LogP contribution in [0.4, 0.5) is 13.2 Å². The summed E-state index contributed by atoms with van der Waals surface area (Å²) in [6, 6.07) is 7.07. The molecule has 0 radical (unpaired) electrons. The quantitative estimate of drug-likeness (QED) is 0.828. The number of carboxylic acids is 1. The Kier molecular flexibility index (Phi) is 4.76. The van der Waals surface area contributed by atoms with Crippen molar-refractivity contribution >= 4 is 28.8 Å². The number of rotatable bonds is 6. The maximum atomic E-state index is 12.2. The summed E-state index contributed by atoms with van der Waals surface area (Å²) in [6.07, 6.45) is -5.13. The van der Waals surface area contributed by atoms with E-state index in [1.54, 1.807) is 28.8 Å². The summed E-state index contributed by atoms with van der Waals surface area (Å²) < 4.78 is 38.4. The van der Waals surface area contributed by atoms with Gasteiger partial charge >= 0.3 is 12.1 Å². The second-order valence-corrected chi connectivity index (χ2v) is 5.38. The first-order chi connectivity index (χ1) is 9.87. The highest BCUT2D eigenvalue weighted by atomic mass is 32.2. The number of aliphatic carboxylic acids is 1. The van der Waals surface area contributed by atoms with Crippen LogP contribution in [0.1, 0.15) is 12.8 Å². The number of nitrogens with zero attached hydrogens (tertiary/aromatic N) is 2. The zero-order valence-corrected chi connectivity index (χ0v) is 11.7. The van der Waals surface area contributed by atoms with Crippen LogP contribution in [0.5, 0.6) is 0 Å². The Morgan fingerprint density at radius 2 is 2.05 bits per heavy atom. The zero-order valence-electron chi connectivity index (χ0n) is 10.9. The predicted molar refractivity (Wildman–Crippen MR) is 73.4 cm³/mol. The Hall–Kier alpha value is -1.70. The number of para-hydroxylation sites is 2. The molecule has 0 amide bonds. The van der Waals surface area contributed by atoms with Gasteiger partial charge in [-0.1, -0.05) is 23.9 Å². The highest BCUT2D eigenvalue weighted by molar-refractivity contribution is 7.99. The molecule has 1 N–H and O–H groups in total. The molecule has 8 heteroatoms. The van der Waals surface area contributed by atoms with E-state index < -0.39 is 18.6 Å². The van der Waals surface area contributed by atoms with Gasteiger partial charge in [0.15, 0.2) is 5.16 Å². The van der Waals surface area contributed by atoms with Crippen molar-refractivity contribution in [3.8, 4) is 0 Å². The van der Waals surface area contributed by atoms with E-state index in [4.69, 9.17) is 5.11 Å². The molecule has 0 aliphatic carbocycles. The summed E-state index contributed by atoms with van der Waals surface area (Å²) in [7, 11) is 0. The molecule has 21 heavy (non-hydrogen) atoms. The maximum absolute atomic E-state index is 12.2. The van der Waals surface area contributed by atoms with Crippen LogP contribution in [0.15, 0.2) is 29.4 Å². The lowest BCUT2D eigenvalue weighted by atomic mass is 10.3. The van der Waals surface area contributed by atoms with Crippen LogP contribution in [0.3, 0.4) is 0 Å². The standard InChI is InChI=1S/C13H13F3N2O2S/c14-13(15,16)6-3-7-18-10-5-2-1-4-9(10)17-12(18)21-8-11(19)20/h1-2,4-5H,3,6-8H2,(H,19,20). The number of hydrogen-bond acceptors (Lipinski definition) is 3. The molecule has 0 aliphatic heterocycles. The van der Waals surface area contributed by atoms with E-state index in [1.165, 1.54) is 0 Å². The molecule has 1 aromatic carbocycles. The van der Waals surface area contributed by atoms with E-state index in [0.29, 0.717) is 16.2 Å². The van der Waals surface area contributed by atoms with Gasteiger partial charge in [0.25, 0.3) is 0 Å². The Morgan fingerprint density at radius 1 is 1.33 bits per heavy atom. The van der Waals surface area contributed by atoms with Crippen LogP contribution in [-0.4, -0.2) is 32.6 Å². The number of fused-ring (bicyclic) bond motifs is 1. The van der Waals surface area contributed by atoms with E-state index in [0.717, 1.165) is 11.8 Å². The molecule has 0 saturated heterocycles. The highest BCUT2D eigenvalue weighted by Gasteiger charge is 2.26. The molecular weight excluding hydrogens is 305 g/mol.